The van der Waals surface area contributed by atoms with Crippen LogP contribution >= 0.6 is 0 Å². The summed E-state index contributed by atoms with van der Waals surface area (Å²) in [7, 11) is 1.62. The van der Waals surface area contributed by atoms with Crippen molar-refractivity contribution in [1.29, 1.82) is 0 Å². The van der Waals surface area contributed by atoms with Crippen molar-refractivity contribution < 1.29 is 14.9 Å². The lowest BCUT2D eigenvalue weighted by atomic mass is 10.0. The summed E-state index contributed by atoms with van der Waals surface area (Å²) >= 11 is 0. The molecule has 0 aliphatic heterocycles. The maximum atomic E-state index is 10.1. The first-order valence-electron chi connectivity index (χ1n) is 6.73. The Balaban J connectivity index is 2.46. The third-order valence-electron chi connectivity index (χ3n) is 3.08. The summed E-state index contributed by atoms with van der Waals surface area (Å²) in [4.78, 5) is 0. The van der Waals surface area contributed by atoms with Crippen LogP contribution in [0.1, 0.15) is 31.9 Å². The summed E-state index contributed by atoms with van der Waals surface area (Å²) in [5.74, 6) is 1.29. The second-order valence-corrected chi connectivity index (χ2v) is 5.21. The molecule has 2 unspecified atom stereocenters. The van der Waals surface area contributed by atoms with Gasteiger partial charge in [-0.1, -0.05) is 26.0 Å². The third-order valence-corrected chi connectivity index (χ3v) is 3.08. The van der Waals surface area contributed by atoms with Crippen LogP contribution in [0.5, 0.6) is 5.75 Å². The van der Waals surface area contributed by atoms with E-state index >= 15 is 0 Å². The molecule has 0 heterocycles. The molecule has 0 aliphatic rings. The van der Waals surface area contributed by atoms with E-state index in [0.717, 1.165) is 17.7 Å². The van der Waals surface area contributed by atoms with Gasteiger partial charge in [-0.25, -0.2) is 0 Å². The Labute approximate surface area is 115 Å². The van der Waals surface area contributed by atoms with Crippen LogP contribution in [0.4, 0.5) is 0 Å². The van der Waals surface area contributed by atoms with Gasteiger partial charge in [0.15, 0.2) is 0 Å². The predicted octanol–water partition coefficient (Wildman–Crippen LogP) is 1.73. The summed E-state index contributed by atoms with van der Waals surface area (Å²) in [6.07, 6.45) is 0.318. The molecule has 0 bridgehead atoms. The molecule has 0 radical (unpaired) electrons. The molecule has 4 nitrogen and oxygen atoms in total. The van der Waals surface area contributed by atoms with Crippen molar-refractivity contribution in [2.45, 2.75) is 32.4 Å². The molecule has 4 heteroatoms. The number of aliphatic hydroxyl groups excluding tert-OH is 2. The number of rotatable bonds is 8. The van der Waals surface area contributed by atoms with Crippen molar-refractivity contribution in [3.63, 3.8) is 0 Å². The largest absolute Gasteiger partial charge is 0.497 e. The van der Waals surface area contributed by atoms with Gasteiger partial charge in [-0.2, -0.15) is 0 Å². The van der Waals surface area contributed by atoms with Gasteiger partial charge < -0.3 is 20.3 Å². The molecule has 2 atom stereocenters. The smallest absolute Gasteiger partial charge is 0.118 e. The highest BCUT2D eigenvalue weighted by Crippen LogP contribution is 2.17. The Morgan fingerprint density at radius 3 is 2.32 bits per heavy atom. The first-order chi connectivity index (χ1) is 9.06. The van der Waals surface area contributed by atoms with Gasteiger partial charge in [-0.05, 0) is 30.0 Å². The lowest BCUT2D eigenvalue weighted by molar-refractivity contribution is 0.153. The average Bonchev–Trinajstić information content (AvgIpc) is 2.42. The summed E-state index contributed by atoms with van der Waals surface area (Å²) < 4.78 is 5.08. The number of hydrogen-bond acceptors (Lipinski definition) is 4. The van der Waals surface area contributed by atoms with E-state index in [1.165, 1.54) is 0 Å². The molecule has 1 rings (SSSR count). The molecule has 3 N–H and O–H groups in total. The quantitative estimate of drug-likeness (QED) is 0.671. The van der Waals surface area contributed by atoms with Crippen LogP contribution in [0.15, 0.2) is 24.3 Å². The Morgan fingerprint density at radius 2 is 1.84 bits per heavy atom. The average molecular weight is 267 g/mol. The highest BCUT2D eigenvalue weighted by molar-refractivity contribution is 5.28. The van der Waals surface area contributed by atoms with Gasteiger partial charge in [0.25, 0.3) is 0 Å². The van der Waals surface area contributed by atoms with E-state index in [2.05, 4.69) is 19.2 Å². The lowest BCUT2D eigenvalue weighted by Gasteiger charge is -2.20. The van der Waals surface area contributed by atoms with Crippen molar-refractivity contribution in [2.75, 3.05) is 20.3 Å². The van der Waals surface area contributed by atoms with Crippen LogP contribution in [0, 0.1) is 5.92 Å². The normalized spacial score (nSPS) is 14.4. The van der Waals surface area contributed by atoms with Crippen molar-refractivity contribution in [1.82, 2.24) is 5.32 Å². The van der Waals surface area contributed by atoms with Gasteiger partial charge >= 0.3 is 0 Å². The fourth-order valence-corrected chi connectivity index (χ4v) is 2.01. The molecule has 0 aromatic heterocycles. The molecule has 0 spiro atoms. The number of methoxy groups -OCH3 is 1. The molecule has 0 saturated carbocycles. The summed E-state index contributed by atoms with van der Waals surface area (Å²) in [6, 6.07) is 7.39. The minimum atomic E-state index is -0.577. The number of hydrogen-bond donors (Lipinski definition) is 3. The number of aliphatic hydroxyl groups is 2. The summed E-state index contributed by atoms with van der Waals surface area (Å²) in [5, 5.41) is 22.5. The van der Waals surface area contributed by atoms with Crippen LogP contribution < -0.4 is 10.1 Å². The Bertz CT molecular complexity index is 351. The summed E-state index contributed by atoms with van der Waals surface area (Å²) in [5.41, 5.74) is 0.842. The van der Waals surface area contributed by atoms with Crippen LogP contribution in [0.25, 0.3) is 0 Å². The number of benzene rings is 1. The number of nitrogens with one attached hydrogen (secondary N) is 1. The van der Waals surface area contributed by atoms with Gasteiger partial charge in [0.1, 0.15) is 5.75 Å². The first kappa shape index (κ1) is 16.0. The van der Waals surface area contributed by atoms with E-state index in [-0.39, 0.29) is 12.6 Å². The van der Waals surface area contributed by atoms with Gasteiger partial charge in [-0.3, -0.25) is 0 Å². The maximum absolute atomic E-state index is 10.1. The van der Waals surface area contributed by atoms with Crippen LogP contribution in [-0.4, -0.2) is 36.5 Å². The Kier molecular flexibility index (Phi) is 6.84. The van der Waals surface area contributed by atoms with E-state index in [4.69, 9.17) is 4.74 Å². The van der Waals surface area contributed by atoms with Gasteiger partial charge in [0.05, 0.1) is 19.8 Å². The molecule has 1 aromatic carbocycles. The first-order valence-corrected chi connectivity index (χ1v) is 6.73. The molecular weight excluding hydrogens is 242 g/mol. The molecular formula is C15H25NO3. The second-order valence-electron chi connectivity index (χ2n) is 5.21. The topological polar surface area (TPSA) is 61.7 Å². The molecule has 0 amide bonds. The maximum Gasteiger partial charge on any atom is 0.118 e. The van der Waals surface area contributed by atoms with Gasteiger partial charge in [0, 0.05) is 12.6 Å². The van der Waals surface area contributed by atoms with E-state index < -0.39 is 6.10 Å². The minimum Gasteiger partial charge on any atom is -0.497 e. The van der Waals surface area contributed by atoms with Crippen molar-refractivity contribution >= 4 is 0 Å². The monoisotopic (exact) mass is 267 g/mol. The van der Waals surface area contributed by atoms with Crippen LogP contribution in [0.2, 0.25) is 0 Å². The highest BCUT2D eigenvalue weighted by Gasteiger charge is 2.13. The predicted molar refractivity (Wildman–Crippen MR) is 76.3 cm³/mol. The third kappa shape index (κ3) is 5.59. The summed E-state index contributed by atoms with van der Waals surface area (Å²) in [6.45, 7) is 4.76. The number of ether oxygens (including phenoxy) is 1. The minimum absolute atomic E-state index is 0.0351. The highest BCUT2D eigenvalue weighted by atomic mass is 16.5. The SMILES string of the molecule is COc1ccc(C(O)CNC(CO)CC(C)C)cc1. The van der Waals surface area contributed by atoms with Crippen LogP contribution in [-0.2, 0) is 0 Å². The molecule has 1 aromatic rings. The second kappa shape index (κ2) is 8.15. The molecule has 108 valence electrons. The fraction of sp³-hybridized carbons (Fsp3) is 0.600. The van der Waals surface area contributed by atoms with E-state index in [1.54, 1.807) is 7.11 Å². The molecule has 19 heavy (non-hydrogen) atoms. The Hall–Kier alpha value is -1.10. The fourth-order valence-electron chi connectivity index (χ4n) is 2.01. The zero-order valence-electron chi connectivity index (χ0n) is 12.0. The van der Waals surface area contributed by atoms with E-state index in [0.29, 0.717) is 12.5 Å². The molecule has 0 fully saturated rings. The van der Waals surface area contributed by atoms with Crippen molar-refractivity contribution in [2.24, 2.45) is 5.92 Å². The van der Waals surface area contributed by atoms with Crippen LogP contribution in [0.3, 0.4) is 0 Å². The van der Waals surface area contributed by atoms with E-state index in [9.17, 15) is 10.2 Å². The molecule has 0 saturated heterocycles. The van der Waals surface area contributed by atoms with Gasteiger partial charge in [0.2, 0.25) is 0 Å². The lowest BCUT2D eigenvalue weighted by Crippen LogP contribution is -2.36. The van der Waals surface area contributed by atoms with Crippen molar-refractivity contribution in [3.05, 3.63) is 29.8 Å². The zero-order chi connectivity index (χ0) is 14.3. The zero-order valence-corrected chi connectivity index (χ0v) is 12.0. The Morgan fingerprint density at radius 1 is 1.21 bits per heavy atom. The standard InChI is InChI=1S/C15H25NO3/c1-11(2)8-13(10-17)16-9-15(18)12-4-6-14(19-3)7-5-12/h4-7,11,13,15-18H,8-10H2,1-3H3. The van der Waals surface area contributed by atoms with Gasteiger partial charge in [-0.15, -0.1) is 0 Å². The van der Waals surface area contributed by atoms with Crippen molar-refractivity contribution in [3.8, 4) is 5.75 Å². The molecule has 0 aliphatic carbocycles. The van der Waals surface area contributed by atoms with E-state index in [1.807, 2.05) is 24.3 Å².